The summed E-state index contributed by atoms with van der Waals surface area (Å²) in [6.45, 7) is 12.5. The third-order valence-electron chi connectivity index (χ3n) is 3.48. The maximum Gasteiger partial charge on any atom is 0.165 e. The lowest BCUT2D eigenvalue weighted by atomic mass is 9.99. The number of Topliss-reactive ketones (excluding diaryl/α,β-unsaturated/α-hetero) is 1. The Kier molecular flexibility index (Phi) is 4.92. The highest BCUT2D eigenvalue weighted by Gasteiger charge is 2.32. The van der Waals surface area contributed by atoms with Crippen LogP contribution >= 0.6 is 0 Å². The Balaban J connectivity index is 2.46. The maximum atomic E-state index is 12.0. The van der Waals surface area contributed by atoms with Crippen LogP contribution in [0.1, 0.15) is 41.0 Å². The number of hydrogen-bond donors (Lipinski definition) is 0. The summed E-state index contributed by atoms with van der Waals surface area (Å²) in [5.74, 6) is 0.155. The van der Waals surface area contributed by atoms with Gasteiger partial charge in [0.05, 0.1) is 11.7 Å². The van der Waals surface area contributed by atoms with Crippen molar-refractivity contribution in [3.63, 3.8) is 0 Å². The molecule has 0 amide bonds. The lowest BCUT2D eigenvalue weighted by Gasteiger charge is -2.41. The molecule has 0 bridgehead atoms. The van der Waals surface area contributed by atoms with Gasteiger partial charge in [-0.3, -0.25) is 9.69 Å². The Hall–Kier alpha value is -0.450. The van der Waals surface area contributed by atoms with Gasteiger partial charge in [-0.2, -0.15) is 0 Å². The molecule has 4 nitrogen and oxygen atoms in total. The molecule has 1 fully saturated rings. The van der Waals surface area contributed by atoms with Crippen LogP contribution in [0.5, 0.6) is 0 Å². The molecular weight excluding hydrogens is 230 g/mol. The van der Waals surface area contributed by atoms with Gasteiger partial charge in [-0.1, -0.05) is 0 Å². The highest BCUT2D eigenvalue weighted by molar-refractivity contribution is 5.86. The van der Waals surface area contributed by atoms with Gasteiger partial charge < -0.3 is 9.47 Å². The van der Waals surface area contributed by atoms with E-state index in [0.29, 0.717) is 6.42 Å². The Morgan fingerprint density at radius 2 is 2.11 bits per heavy atom. The topological polar surface area (TPSA) is 38.8 Å². The lowest BCUT2D eigenvalue weighted by Crippen LogP contribution is -2.52. The Bertz CT molecular complexity index is 299. The van der Waals surface area contributed by atoms with Crippen LogP contribution in [-0.4, -0.2) is 54.7 Å². The largest absolute Gasteiger partial charge is 0.371 e. The van der Waals surface area contributed by atoms with Crippen molar-refractivity contribution in [3.05, 3.63) is 0 Å². The number of rotatable bonds is 5. The van der Waals surface area contributed by atoms with Crippen LogP contribution in [0.2, 0.25) is 0 Å². The standard InChI is InChI=1S/C14H27NO3/c1-11-9-15(10-13(2,3)18-11)8-7-12(16)14(4,5)17-6/h11H,7-10H2,1-6H3. The smallest absolute Gasteiger partial charge is 0.165 e. The third-order valence-corrected chi connectivity index (χ3v) is 3.48. The van der Waals surface area contributed by atoms with Crippen molar-refractivity contribution in [2.24, 2.45) is 0 Å². The lowest BCUT2D eigenvalue weighted by molar-refractivity contribution is -0.142. The first-order valence-electron chi connectivity index (χ1n) is 6.65. The molecule has 0 aromatic rings. The van der Waals surface area contributed by atoms with E-state index in [1.807, 2.05) is 13.8 Å². The predicted molar refractivity (Wildman–Crippen MR) is 71.8 cm³/mol. The monoisotopic (exact) mass is 257 g/mol. The molecule has 18 heavy (non-hydrogen) atoms. The molecule has 1 aliphatic heterocycles. The van der Waals surface area contributed by atoms with Crippen LogP contribution in [0.3, 0.4) is 0 Å². The van der Waals surface area contributed by atoms with E-state index in [1.165, 1.54) is 0 Å². The van der Waals surface area contributed by atoms with Crippen LogP contribution in [0.15, 0.2) is 0 Å². The molecule has 106 valence electrons. The molecule has 0 aromatic heterocycles. The summed E-state index contributed by atoms with van der Waals surface area (Å²) in [7, 11) is 1.58. The second kappa shape index (κ2) is 5.68. The van der Waals surface area contributed by atoms with Crippen molar-refractivity contribution in [1.82, 2.24) is 4.90 Å². The Morgan fingerprint density at radius 1 is 1.50 bits per heavy atom. The molecule has 1 heterocycles. The van der Waals surface area contributed by atoms with Gasteiger partial charge in [-0.25, -0.2) is 0 Å². The van der Waals surface area contributed by atoms with E-state index >= 15 is 0 Å². The predicted octanol–water partition coefficient (Wildman–Crippen LogP) is 1.87. The Labute approximate surface area is 111 Å². The molecule has 4 heteroatoms. The summed E-state index contributed by atoms with van der Waals surface area (Å²) in [5, 5.41) is 0. The van der Waals surface area contributed by atoms with Crippen LogP contribution in [-0.2, 0) is 14.3 Å². The fraction of sp³-hybridized carbons (Fsp3) is 0.929. The van der Waals surface area contributed by atoms with Crippen LogP contribution in [0.25, 0.3) is 0 Å². The molecule has 0 saturated carbocycles. The summed E-state index contributed by atoms with van der Waals surface area (Å²) in [4.78, 5) is 14.3. The summed E-state index contributed by atoms with van der Waals surface area (Å²) in [5.41, 5.74) is -0.801. The van der Waals surface area contributed by atoms with E-state index in [0.717, 1.165) is 19.6 Å². The van der Waals surface area contributed by atoms with Gasteiger partial charge in [0.15, 0.2) is 5.78 Å². The average molecular weight is 257 g/mol. The number of carbonyl (C=O) groups is 1. The third kappa shape index (κ3) is 4.34. The number of ether oxygens (including phenoxy) is 2. The molecule has 1 saturated heterocycles. The van der Waals surface area contributed by atoms with E-state index in [9.17, 15) is 4.79 Å². The summed E-state index contributed by atoms with van der Waals surface area (Å²) in [6.07, 6.45) is 0.753. The molecule has 0 N–H and O–H groups in total. The fourth-order valence-corrected chi connectivity index (χ4v) is 2.43. The van der Waals surface area contributed by atoms with Gasteiger partial charge in [0, 0.05) is 33.2 Å². The summed E-state index contributed by atoms with van der Waals surface area (Å²) >= 11 is 0. The van der Waals surface area contributed by atoms with Gasteiger partial charge in [-0.05, 0) is 34.6 Å². The van der Waals surface area contributed by atoms with Crippen molar-refractivity contribution in [3.8, 4) is 0 Å². The van der Waals surface area contributed by atoms with Gasteiger partial charge >= 0.3 is 0 Å². The van der Waals surface area contributed by atoms with Crippen molar-refractivity contribution in [2.45, 2.75) is 58.3 Å². The molecule has 1 aliphatic rings. The first-order chi connectivity index (χ1) is 8.16. The summed E-state index contributed by atoms with van der Waals surface area (Å²) in [6, 6.07) is 0. The molecule has 1 atom stereocenters. The van der Waals surface area contributed by atoms with Gasteiger partial charge in [0.1, 0.15) is 5.60 Å². The number of methoxy groups -OCH3 is 1. The van der Waals surface area contributed by atoms with Gasteiger partial charge in [0.2, 0.25) is 0 Å². The first kappa shape index (κ1) is 15.6. The maximum absolute atomic E-state index is 12.0. The molecular formula is C14H27NO3. The highest BCUT2D eigenvalue weighted by Crippen LogP contribution is 2.21. The molecule has 0 spiro atoms. The first-order valence-corrected chi connectivity index (χ1v) is 6.65. The minimum Gasteiger partial charge on any atom is -0.371 e. The quantitative estimate of drug-likeness (QED) is 0.753. The van der Waals surface area contributed by atoms with Crippen molar-refractivity contribution < 1.29 is 14.3 Å². The van der Waals surface area contributed by atoms with E-state index < -0.39 is 5.60 Å². The van der Waals surface area contributed by atoms with Crippen molar-refractivity contribution >= 4 is 5.78 Å². The number of ketones is 1. The normalized spacial score (nSPS) is 25.1. The number of morpholine rings is 1. The highest BCUT2D eigenvalue weighted by atomic mass is 16.5. The minimum absolute atomic E-state index is 0.127. The second-order valence-corrected chi connectivity index (χ2v) is 6.31. The molecule has 0 aromatic carbocycles. The number of hydrogen-bond acceptors (Lipinski definition) is 4. The molecule has 1 unspecified atom stereocenters. The van der Waals surface area contributed by atoms with Gasteiger partial charge in [-0.15, -0.1) is 0 Å². The number of nitrogens with zero attached hydrogens (tertiary/aromatic N) is 1. The minimum atomic E-state index is -0.673. The zero-order valence-corrected chi connectivity index (χ0v) is 12.6. The van der Waals surface area contributed by atoms with Crippen LogP contribution in [0.4, 0.5) is 0 Å². The zero-order chi connectivity index (χ0) is 14.0. The van der Waals surface area contributed by atoms with E-state index in [2.05, 4.69) is 25.7 Å². The SMILES string of the molecule is COC(C)(C)C(=O)CCN1CC(C)OC(C)(C)C1. The summed E-state index contributed by atoms with van der Waals surface area (Å²) < 4.78 is 11.1. The van der Waals surface area contributed by atoms with E-state index in [-0.39, 0.29) is 17.5 Å². The van der Waals surface area contributed by atoms with Crippen molar-refractivity contribution in [1.29, 1.82) is 0 Å². The van der Waals surface area contributed by atoms with E-state index in [4.69, 9.17) is 9.47 Å². The zero-order valence-electron chi connectivity index (χ0n) is 12.6. The van der Waals surface area contributed by atoms with Crippen LogP contribution < -0.4 is 0 Å². The van der Waals surface area contributed by atoms with Gasteiger partial charge in [0.25, 0.3) is 0 Å². The Morgan fingerprint density at radius 3 is 2.61 bits per heavy atom. The van der Waals surface area contributed by atoms with E-state index in [1.54, 1.807) is 7.11 Å². The average Bonchev–Trinajstić information content (AvgIpc) is 2.23. The molecule has 0 radical (unpaired) electrons. The van der Waals surface area contributed by atoms with Crippen molar-refractivity contribution in [2.75, 3.05) is 26.7 Å². The second-order valence-electron chi connectivity index (χ2n) is 6.31. The molecule has 0 aliphatic carbocycles. The number of carbonyl (C=O) groups excluding carboxylic acids is 1. The van der Waals surface area contributed by atoms with Crippen LogP contribution in [0, 0.1) is 0 Å². The fourth-order valence-electron chi connectivity index (χ4n) is 2.43. The molecule has 1 rings (SSSR count).